The van der Waals surface area contributed by atoms with Gasteiger partial charge in [-0.15, -0.1) is 13.2 Å². The first-order valence-corrected chi connectivity index (χ1v) is 5.52. The van der Waals surface area contributed by atoms with Gasteiger partial charge in [-0.2, -0.15) is 0 Å². The lowest BCUT2D eigenvalue weighted by Gasteiger charge is -2.12. The molecule has 0 bridgehead atoms. The summed E-state index contributed by atoms with van der Waals surface area (Å²) >= 11 is 0. The fraction of sp³-hybridized carbons (Fsp3) is 0.250. The van der Waals surface area contributed by atoms with Gasteiger partial charge in [0, 0.05) is 11.8 Å². The summed E-state index contributed by atoms with van der Waals surface area (Å²) in [4.78, 5) is 14.2. The summed E-state index contributed by atoms with van der Waals surface area (Å²) in [6.07, 6.45) is -4.37. The van der Waals surface area contributed by atoms with Crippen LogP contribution in [0, 0.1) is 0 Å². The van der Waals surface area contributed by atoms with Gasteiger partial charge in [-0.3, -0.25) is 4.79 Å². The van der Waals surface area contributed by atoms with E-state index in [1.54, 1.807) is 6.07 Å². The fourth-order valence-electron chi connectivity index (χ4n) is 2.16. The lowest BCUT2D eigenvalue weighted by Crippen LogP contribution is -2.18. The first-order chi connectivity index (χ1) is 8.96. The van der Waals surface area contributed by atoms with Crippen molar-refractivity contribution in [1.29, 1.82) is 0 Å². The highest BCUT2D eigenvalue weighted by Crippen LogP contribution is 2.36. The number of halogens is 3. The number of hydrogen-bond acceptors (Lipinski definition) is 3. The lowest BCUT2D eigenvalue weighted by molar-refractivity contribution is -0.274. The number of ether oxygens (including phenoxy) is 2. The van der Waals surface area contributed by atoms with E-state index in [2.05, 4.69) is 9.72 Å². The Balaban J connectivity index is 2.27. The molecule has 0 amide bonds. The number of rotatable bonds is 1. The van der Waals surface area contributed by atoms with Crippen molar-refractivity contribution in [2.75, 3.05) is 6.61 Å². The number of fused-ring (bicyclic) bond motifs is 3. The van der Waals surface area contributed by atoms with Crippen LogP contribution in [-0.4, -0.2) is 18.0 Å². The van der Waals surface area contributed by atoms with Gasteiger partial charge in [-0.05, 0) is 12.1 Å². The molecule has 1 aromatic carbocycles. The van der Waals surface area contributed by atoms with E-state index in [-0.39, 0.29) is 5.52 Å². The minimum absolute atomic E-state index is 0.00882. The summed E-state index contributed by atoms with van der Waals surface area (Å²) in [5.41, 5.74) is 0.000332. The smallest absolute Gasteiger partial charge is 0.492 e. The van der Waals surface area contributed by atoms with Crippen molar-refractivity contribution in [2.24, 2.45) is 0 Å². The van der Waals surface area contributed by atoms with Gasteiger partial charge in [0.05, 0.1) is 17.7 Å². The highest BCUT2D eigenvalue weighted by Gasteiger charge is 2.32. The topological polar surface area (TPSA) is 51.3 Å². The average molecular weight is 271 g/mol. The molecule has 1 aliphatic heterocycles. The molecule has 0 saturated heterocycles. The van der Waals surface area contributed by atoms with Gasteiger partial charge < -0.3 is 14.5 Å². The third-order valence-electron chi connectivity index (χ3n) is 2.88. The highest BCUT2D eigenvalue weighted by molar-refractivity contribution is 5.91. The van der Waals surface area contributed by atoms with Crippen LogP contribution < -0.4 is 15.0 Å². The van der Waals surface area contributed by atoms with Crippen LogP contribution in [-0.2, 0) is 6.42 Å². The zero-order valence-corrected chi connectivity index (χ0v) is 9.50. The minimum atomic E-state index is -4.81. The van der Waals surface area contributed by atoms with E-state index in [0.29, 0.717) is 29.7 Å². The van der Waals surface area contributed by atoms with E-state index >= 15 is 0 Å². The van der Waals surface area contributed by atoms with Crippen molar-refractivity contribution >= 4 is 10.9 Å². The molecule has 1 aliphatic rings. The van der Waals surface area contributed by atoms with Crippen LogP contribution in [0.5, 0.6) is 11.5 Å². The van der Waals surface area contributed by atoms with Gasteiger partial charge in [0.25, 0.3) is 5.56 Å². The summed E-state index contributed by atoms with van der Waals surface area (Å²) in [7, 11) is 0. The molecule has 0 spiro atoms. The lowest BCUT2D eigenvalue weighted by atomic mass is 10.1. The second kappa shape index (κ2) is 3.91. The Bertz CT molecular complexity index is 706. The van der Waals surface area contributed by atoms with E-state index in [4.69, 9.17) is 4.74 Å². The number of aromatic nitrogens is 1. The quantitative estimate of drug-likeness (QED) is 0.866. The van der Waals surface area contributed by atoms with Crippen LogP contribution in [0.1, 0.15) is 5.56 Å². The maximum Gasteiger partial charge on any atom is 0.573 e. The molecule has 7 heteroatoms. The van der Waals surface area contributed by atoms with Gasteiger partial charge >= 0.3 is 6.36 Å². The van der Waals surface area contributed by atoms with Gasteiger partial charge in [0.1, 0.15) is 5.75 Å². The normalized spacial score (nSPS) is 14.3. The molecule has 4 nitrogen and oxygen atoms in total. The van der Waals surface area contributed by atoms with Crippen LogP contribution in [0.3, 0.4) is 0 Å². The van der Waals surface area contributed by atoms with Crippen molar-refractivity contribution in [3.63, 3.8) is 0 Å². The molecule has 0 saturated carbocycles. The maximum absolute atomic E-state index is 12.3. The van der Waals surface area contributed by atoms with Crippen molar-refractivity contribution in [2.45, 2.75) is 12.8 Å². The van der Waals surface area contributed by atoms with Gasteiger partial charge in [-0.25, -0.2) is 0 Å². The number of benzene rings is 1. The largest absolute Gasteiger partial charge is 0.573 e. The fourth-order valence-corrected chi connectivity index (χ4v) is 2.16. The zero-order valence-electron chi connectivity index (χ0n) is 9.50. The molecule has 0 unspecified atom stereocenters. The molecule has 0 fully saturated rings. The Kier molecular flexibility index (Phi) is 2.44. The van der Waals surface area contributed by atoms with Crippen molar-refractivity contribution in [3.05, 3.63) is 34.1 Å². The number of alkyl halides is 3. The number of pyridine rings is 1. The second-order valence-corrected chi connectivity index (χ2v) is 4.09. The van der Waals surface area contributed by atoms with E-state index in [1.807, 2.05) is 0 Å². The predicted octanol–water partition coefficient (Wildman–Crippen LogP) is 2.36. The summed E-state index contributed by atoms with van der Waals surface area (Å²) in [6, 6.07) is 4.15. The summed E-state index contributed by atoms with van der Waals surface area (Å²) in [6.45, 7) is 0.349. The van der Waals surface area contributed by atoms with Crippen molar-refractivity contribution in [3.8, 4) is 11.5 Å². The van der Waals surface area contributed by atoms with Crippen LogP contribution in [0.4, 0.5) is 13.2 Å². The Morgan fingerprint density at radius 1 is 1.32 bits per heavy atom. The predicted molar refractivity (Wildman–Crippen MR) is 60.5 cm³/mol. The standard InChI is InChI=1S/C12H8F3NO3/c13-12(14,15)19-8-3-1-2-6-9(8)16-11(17)7-4-5-18-10(6)7/h1-3H,4-5H2,(H,16,17). The van der Waals surface area contributed by atoms with Crippen molar-refractivity contribution < 1.29 is 22.6 Å². The van der Waals surface area contributed by atoms with Gasteiger partial charge in [0.15, 0.2) is 5.75 Å². The Morgan fingerprint density at radius 3 is 2.84 bits per heavy atom. The first kappa shape index (κ1) is 11.9. The van der Waals surface area contributed by atoms with Gasteiger partial charge in [-0.1, -0.05) is 6.07 Å². The number of nitrogens with one attached hydrogen (secondary N) is 1. The van der Waals surface area contributed by atoms with Crippen LogP contribution in [0.25, 0.3) is 10.9 Å². The molecule has 100 valence electrons. The van der Waals surface area contributed by atoms with Gasteiger partial charge in [0.2, 0.25) is 0 Å². The Hall–Kier alpha value is -2.18. The first-order valence-electron chi connectivity index (χ1n) is 5.52. The molecular weight excluding hydrogens is 263 g/mol. The summed E-state index contributed by atoms with van der Waals surface area (Å²) < 4.78 is 46.1. The van der Waals surface area contributed by atoms with E-state index in [1.165, 1.54) is 6.07 Å². The zero-order chi connectivity index (χ0) is 13.6. The second-order valence-electron chi connectivity index (χ2n) is 4.09. The Morgan fingerprint density at radius 2 is 2.11 bits per heavy atom. The number of aromatic amines is 1. The molecule has 2 heterocycles. The molecule has 1 aromatic heterocycles. The van der Waals surface area contributed by atoms with E-state index < -0.39 is 17.7 Å². The number of para-hydroxylation sites is 1. The summed E-state index contributed by atoms with van der Waals surface area (Å²) in [5, 5.41) is 0.411. The Labute approximate surface area is 104 Å². The molecule has 19 heavy (non-hydrogen) atoms. The summed E-state index contributed by atoms with van der Waals surface area (Å²) in [5.74, 6) is -0.105. The monoisotopic (exact) mass is 271 g/mol. The number of hydrogen-bond donors (Lipinski definition) is 1. The molecule has 3 rings (SSSR count). The van der Waals surface area contributed by atoms with E-state index in [0.717, 1.165) is 6.07 Å². The third kappa shape index (κ3) is 2.00. The third-order valence-corrected chi connectivity index (χ3v) is 2.88. The molecule has 1 N–H and O–H groups in total. The van der Waals surface area contributed by atoms with Crippen molar-refractivity contribution in [1.82, 2.24) is 4.98 Å². The number of H-pyrrole nitrogens is 1. The van der Waals surface area contributed by atoms with E-state index in [9.17, 15) is 18.0 Å². The molecule has 0 atom stereocenters. The molecule has 2 aromatic rings. The SMILES string of the molecule is O=c1[nH]c2c(OC(F)(F)F)cccc2c2c1CCO2. The van der Waals surface area contributed by atoms with Crippen LogP contribution in [0.15, 0.2) is 23.0 Å². The van der Waals surface area contributed by atoms with Crippen LogP contribution >= 0.6 is 0 Å². The highest BCUT2D eigenvalue weighted by atomic mass is 19.4. The minimum Gasteiger partial charge on any atom is -0.492 e. The molecule has 0 aliphatic carbocycles. The van der Waals surface area contributed by atoms with Crippen LogP contribution in [0.2, 0.25) is 0 Å². The maximum atomic E-state index is 12.3. The average Bonchev–Trinajstić information content (AvgIpc) is 2.78. The molecule has 0 radical (unpaired) electrons. The molecular formula is C12H8F3NO3.